The molecule has 4 N–H and O–H groups in total. The molecule has 0 saturated carbocycles. The number of fused-ring (bicyclic) bond motifs is 1. The standard InChI is InChI=1S/C11H10BrFN6O3/c12-11(13)7(21)5(2-20)22-10(11,3-14)6-1-16-9-8(15)17-4-18-19(6)9/h1,4-5,7,20-21H,2H2,(H2,15,17,18)/t5-,7+,10+,11?/m1/s1. The van der Waals surface area contributed by atoms with Crippen LogP contribution in [-0.2, 0) is 10.3 Å². The molecular formula is C11H10BrFN6O3. The molecule has 1 saturated heterocycles. The SMILES string of the molecule is N#C[C@@]1(c2cnc3c(N)ncnn23)O[C@H](CO)[C@H](O)C1(F)Br. The van der Waals surface area contributed by atoms with Crippen LogP contribution in [0.5, 0.6) is 0 Å². The summed E-state index contributed by atoms with van der Waals surface area (Å²) in [6, 6.07) is 1.70. The van der Waals surface area contributed by atoms with Crippen molar-refractivity contribution in [1.82, 2.24) is 19.6 Å². The first-order chi connectivity index (χ1) is 10.4. The van der Waals surface area contributed by atoms with Gasteiger partial charge < -0.3 is 20.7 Å². The van der Waals surface area contributed by atoms with Crippen molar-refractivity contribution in [3.8, 4) is 6.07 Å². The summed E-state index contributed by atoms with van der Waals surface area (Å²) in [6.07, 6.45) is -0.802. The lowest BCUT2D eigenvalue weighted by atomic mass is 9.94. The first-order valence-electron chi connectivity index (χ1n) is 6.09. The summed E-state index contributed by atoms with van der Waals surface area (Å²) in [5.41, 5.74) is 3.39. The highest BCUT2D eigenvalue weighted by molar-refractivity contribution is 9.10. The summed E-state index contributed by atoms with van der Waals surface area (Å²) >= 11 is 2.71. The molecule has 2 aromatic heterocycles. The van der Waals surface area contributed by atoms with Gasteiger partial charge in [0.1, 0.15) is 30.3 Å². The normalized spacial score (nSPS) is 34.9. The summed E-state index contributed by atoms with van der Waals surface area (Å²) in [5.74, 6) is 0.0330. The van der Waals surface area contributed by atoms with E-state index in [-0.39, 0.29) is 17.2 Å². The van der Waals surface area contributed by atoms with Crippen LogP contribution in [0.2, 0.25) is 0 Å². The first-order valence-corrected chi connectivity index (χ1v) is 6.89. The van der Waals surface area contributed by atoms with Gasteiger partial charge in [-0.1, -0.05) is 0 Å². The molecule has 116 valence electrons. The minimum Gasteiger partial charge on any atom is -0.394 e. The van der Waals surface area contributed by atoms with Gasteiger partial charge in [-0.3, -0.25) is 0 Å². The third-order valence-corrected chi connectivity index (χ3v) is 4.58. The Morgan fingerprint density at radius 3 is 2.91 bits per heavy atom. The van der Waals surface area contributed by atoms with Gasteiger partial charge in [0.2, 0.25) is 10.2 Å². The summed E-state index contributed by atoms with van der Waals surface area (Å²) in [4.78, 5) is 7.69. The molecule has 1 aliphatic heterocycles. The number of halogens is 2. The third-order valence-electron chi connectivity index (χ3n) is 3.55. The number of aliphatic hydroxyl groups is 2. The first kappa shape index (κ1) is 15.0. The van der Waals surface area contributed by atoms with Crippen molar-refractivity contribution in [2.75, 3.05) is 12.3 Å². The monoisotopic (exact) mass is 372 g/mol. The van der Waals surface area contributed by atoms with E-state index < -0.39 is 29.0 Å². The summed E-state index contributed by atoms with van der Waals surface area (Å²) < 4.78 is 18.8. The molecular weight excluding hydrogens is 363 g/mol. The number of nitrogens with two attached hydrogens (primary N) is 1. The Hall–Kier alpha value is -1.87. The topological polar surface area (TPSA) is 143 Å². The number of alkyl halides is 2. The van der Waals surface area contributed by atoms with Crippen LogP contribution >= 0.6 is 15.9 Å². The Balaban J connectivity index is 2.27. The van der Waals surface area contributed by atoms with E-state index in [1.54, 1.807) is 6.07 Å². The van der Waals surface area contributed by atoms with Gasteiger partial charge in [-0.15, -0.1) is 0 Å². The van der Waals surface area contributed by atoms with Gasteiger partial charge in [-0.25, -0.2) is 18.9 Å². The second-order valence-electron chi connectivity index (χ2n) is 4.72. The van der Waals surface area contributed by atoms with Crippen LogP contribution in [0.15, 0.2) is 12.5 Å². The number of hydrogen-bond donors (Lipinski definition) is 3. The molecule has 0 spiro atoms. The Bertz CT molecular complexity index is 777. The summed E-state index contributed by atoms with van der Waals surface area (Å²) in [5, 5.41) is 32.6. The Morgan fingerprint density at radius 2 is 2.32 bits per heavy atom. The zero-order valence-electron chi connectivity index (χ0n) is 10.9. The third kappa shape index (κ3) is 1.69. The van der Waals surface area contributed by atoms with Gasteiger partial charge in [0.15, 0.2) is 11.5 Å². The molecule has 2 aromatic rings. The molecule has 1 fully saturated rings. The van der Waals surface area contributed by atoms with E-state index in [4.69, 9.17) is 10.5 Å². The molecule has 0 bridgehead atoms. The van der Waals surface area contributed by atoms with Crippen molar-refractivity contribution < 1.29 is 19.3 Å². The van der Waals surface area contributed by atoms with E-state index >= 15 is 4.39 Å². The predicted molar refractivity (Wildman–Crippen MR) is 73.2 cm³/mol. The Labute approximate surface area is 131 Å². The maximum Gasteiger partial charge on any atom is 0.245 e. The molecule has 1 aliphatic rings. The van der Waals surface area contributed by atoms with Crippen LogP contribution in [0.1, 0.15) is 5.69 Å². The van der Waals surface area contributed by atoms with Gasteiger partial charge in [-0.05, 0) is 15.9 Å². The number of aromatic nitrogens is 4. The van der Waals surface area contributed by atoms with E-state index in [1.165, 1.54) is 0 Å². The van der Waals surface area contributed by atoms with Gasteiger partial charge in [0, 0.05) is 0 Å². The number of ether oxygens (including phenoxy) is 1. The second kappa shape index (κ2) is 4.82. The molecule has 1 unspecified atom stereocenters. The maximum absolute atomic E-state index is 15.0. The highest BCUT2D eigenvalue weighted by Gasteiger charge is 2.68. The number of rotatable bonds is 2. The highest BCUT2D eigenvalue weighted by Crippen LogP contribution is 2.53. The zero-order chi connectivity index (χ0) is 16.1. The van der Waals surface area contributed by atoms with E-state index in [9.17, 15) is 15.5 Å². The Morgan fingerprint density at radius 1 is 1.59 bits per heavy atom. The lowest BCUT2D eigenvalue weighted by Crippen LogP contribution is -2.46. The fraction of sp³-hybridized carbons (Fsp3) is 0.455. The van der Waals surface area contributed by atoms with E-state index in [2.05, 4.69) is 31.0 Å². The molecule has 0 radical (unpaired) electrons. The maximum atomic E-state index is 15.0. The predicted octanol–water partition coefficient (Wildman–Crippen LogP) is -0.762. The summed E-state index contributed by atoms with van der Waals surface area (Å²) in [6.45, 7) is -0.671. The van der Waals surface area contributed by atoms with Crippen molar-refractivity contribution in [3.63, 3.8) is 0 Å². The number of anilines is 1. The molecule has 4 atom stereocenters. The lowest BCUT2D eigenvalue weighted by molar-refractivity contribution is -0.0588. The molecule has 3 heterocycles. The van der Waals surface area contributed by atoms with Crippen LogP contribution in [0.25, 0.3) is 5.65 Å². The van der Waals surface area contributed by atoms with Crippen molar-refractivity contribution in [3.05, 3.63) is 18.2 Å². The van der Waals surface area contributed by atoms with Crippen LogP contribution in [0.4, 0.5) is 10.2 Å². The quantitative estimate of drug-likeness (QED) is 0.583. The molecule has 0 aromatic carbocycles. The largest absolute Gasteiger partial charge is 0.394 e. The molecule has 22 heavy (non-hydrogen) atoms. The van der Waals surface area contributed by atoms with Crippen LogP contribution in [-0.4, -0.2) is 53.2 Å². The molecule has 9 nitrogen and oxygen atoms in total. The number of imidazole rings is 1. The lowest BCUT2D eigenvalue weighted by Gasteiger charge is -2.28. The van der Waals surface area contributed by atoms with Gasteiger partial charge in [0.05, 0.1) is 12.8 Å². The number of aliphatic hydroxyl groups excluding tert-OH is 2. The zero-order valence-corrected chi connectivity index (χ0v) is 12.5. The van der Waals surface area contributed by atoms with E-state index in [1.807, 2.05) is 0 Å². The molecule has 3 rings (SSSR count). The summed E-state index contributed by atoms with van der Waals surface area (Å²) in [7, 11) is 0. The minimum atomic E-state index is -2.68. The van der Waals surface area contributed by atoms with Gasteiger partial charge in [-0.2, -0.15) is 10.4 Å². The van der Waals surface area contributed by atoms with E-state index in [0.29, 0.717) is 0 Å². The average Bonchev–Trinajstić information content (AvgIpc) is 3.01. The van der Waals surface area contributed by atoms with Gasteiger partial charge >= 0.3 is 0 Å². The smallest absolute Gasteiger partial charge is 0.245 e. The Kier molecular flexibility index (Phi) is 3.29. The highest BCUT2D eigenvalue weighted by atomic mass is 79.9. The van der Waals surface area contributed by atoms with Crippen molar-refractivity contribution in [2.45, 2.75) is 22.4 Å². The fourth-order valence-electron chi connectivity index (χ4n) is 2.41. The average molecular weight is 373 g/mol. The second-order valence-corrected chi connectivity index (χ2v) is 5.88. The number of nitrogens with zero attached hydrogens (tertiary/aromatic N) is 5. The molecule has 11 heteroatoms. The van der Waals surface area contributed by atoms with Crippen molar-refractivity contribution in [1.29, 1.82) is 5.26 Å². The van der Waals surface area contributed by atoms with Crippen molar-refractivity contribution in [2.24, 2.45) is 0 Å². The minimum absolute atomic E-state index is 0.0330. The van der Waals surface area contributed by atoms with Gasteiger partial charge in [0.25, 0.3) is 0 Å². The van der Waals surface area contributed by atoms with Crippen LogP contribution < -0.4 is 5.73 Å². The fourth-order valence-corrected chi connectivity index (χ4v) is 3.09. The van der Waals surface area contributed by atoms with Crippen molar-refractivity contribution >= 4 is 27.4 Å². The molecule has 0 aliphatic carbocycles. The number of nitrogen functional groups attached to an aromatic ring is 1. The number of hydrogen-bond acceptors (Lipinski definition) is 8. The number of nitriles is 1. The van der Waals surface area contributed by atoms with Crippen LogP contribution in [0, 0.1) is 11.3 Å². The van der Waals surface area contributed by atoms with E-state index in [0.717, 1.165) is 17.0 Å². The van der Waals surface area contributed by atoms with Crippen LogP contribution in [0.3, 0.4) is 0 Å². The molecule has 0 amide bonds.